The molecule has 1 heterocycles. The fourth-order valence-corrected chi connectivity index (χ4v) is 1.60. The zero-order chi connectivity index (χ0) is 13.3. The molecule has 0 spiro atoms. The summed E-state index contributed by atoms with van der Waals surface area (Å²) in [6.45, 7) is 3.74. The minimum Gasteiger partial charge on any atom is -0.404 e. The van der Waals surface area contributed by atoms with Crippen LogP contribution in [0, 0.1) is 11.7 Å². The van der Waals surface area contributed by atoms with Gasteiger partial charge in [0.25, 0.3) is 0 Å². The van der Waals surface area contributed by atoms with E-state index >= 15 is 0 Å². The van der Waals surface area contributed by atoms with E-state index in [2.05, 4.69) is 0 Å². The maximum Gasteiger partial charge on any atom is 0.427 e. The third kappa shape index (κ3) is 2.25. The molecule has 2 amide bonds. The molecule has 4 nitrogen and oxygen atoms in total. The lowest BCUT2D eigenvalue weighted by Crippen LogP contribution is -2.28. The van der Waals surface area contributed by atoms with Gasteiger partial charge in [-0.2, -0.15) is 0 Å². The van der Waals surface area contributed by atoms with E-state index in [4.69, 9.17) is 4.74 Å². The smallest absolute Gasteiger partial charge is 0.404 e. The van der Waals surface area contributed by atoms with Crippen LogP contribution in [0.4, 0.5) is 14.9 Å². The van der Waals surface area contributed by atoms with Crippen molar-refractivity contribution in [3.8, 4) is 0 Å². The maximum atomic E-state index is 12.8. The quantitative estimate of drug-likeness (QED) is 0.757. The van der Waals surface area contributed by atoms with Crippen LogP contribution >= 0.6 is 0 Å². The van der Waals surface area contributed by atoms with Crippen LogP contribution in [-0.2, 0) is 9.53 Å². The third-order valence-electron chi connectivity index (χ3n) is 2.36. The Morgan fingerprint density at radius 3 is 2.39 bits per heavy atom. The van der Waals surface area contributed by atoms with E-state index in [-0.39, 0.29) is 11.7 Å². The summed E-state index contributed by atoms with van der Waals surface area (Å²) in [5.41, 5.74) is 0.290. The van der Waals surface area contributed by atoms with Gasteiger partial charge in [0.1, 0.15) is 5.82 Å². The topological polar surface area (TPSA) is 46.6 Å². The summed E-state index contributed by atoms with van der Waals surface area (Å²) in [6.07, 6.45) is 0.808. The van der Waals surface area contributed by atoms with Gasteiger partial charge in [-0.05, 0) is 36.3 Å². The Bertz CT molecular complexity index is 520. The molecule has 0 radical (unpaired) electrons. The summed E-state index contributed by atoms with van der Waals surface area (Å²) in [5.74, 6) is -0.860. The molecule has 0 atom stereocenters. The van der Waals surface area contributed by atoms with Gasteiger partial charge in [-0.3, -0.25) is 4.79 Å². The number of hydrogen-bond donors (Lipinski definition) is 0. The Labute approximate surface area is 104 Å². The number of cyclic esters (lactones) is 1. The number of allylic oxidation sites excluding steroid dienone is 1. The first-order valence-electron chi connectivity index (χ1n) is 5.52. The molecule has 1 aromatic carbocycles. The molecule has 0 saturated carbocycles. The molecular weight excluding hydrogens is 237 g/mol. The summed E-state index contributed by atoms with van der Waals surface area (Å²) in [6, 6.07) is 5.07. The van der Waals surface area contributed by atoms with Gasteiger partial charge in [-0.15, -0.1) is 0 Å². The fourth-order valence-electron chi connectivity index (χ4n) is 1.60. The van der Waals surface area contributed by atoms with E-state index in [0.29, 0.717) is 5.69 Å². The van der Waals surface area contributed by atoms with E-state index in [1.54, 1.807) is 6.08 Å². The number of rotatable bonds is 2. The van der Waals surface area contributed by atoms with Crippen molar-refractivity contribution in [2.75, 3.05) is 4.90 Å². The molecule has 0 unspecified atom stereocenters. The molecule has 1 saturated heterocycles. The molecule has 1 aliphatic rings. The maximum absolute atomic E-state index is 12.8. The number of carbonyl (C=O) groups excluding carboxylic acids is 2. The number of benzene rings is 1. The average Bonchev–Trinajstić information content (AvgIpc) is 2.55. The fraction of sp³-hybridized carbons (Fsp3) is 0.231. The van der Waals surface area contributed by atoms with Crippen LogP contribution < -0.4 is 4.90 Å². The SMILES string of the molecule is CC(C)C=C1OC(=O)N(c2ccc(F)cc2)C1=O. The highest BCUT2D eigenvalue weighted by Gasteiger charge is 2.37. The zero-order valence-electron chi connectivity index (χ0n) is 10.0. The van der Waals surface area contributed by atoms with Gasteiger partial charge < -0.3 is 4.74 Å². The number of hydrogen-bond acceptors (Lipinski definition) is 3. The standard InChI is InChI=1S/C13H12FNO3/c1-8(2)7-11-12(16)15(13(17)18-11)10-5-3-9(14)4-6-10/h3-8H,1-2H3. The van der Waals surface area contributed by atoms with Crippen LogP contribution in [0.5, 0.6) is 0 Å². The largest absolute Gasteiger partial charge is 0.427 e. The first-order chi connectivity index (χ1) is 8.49. The number of anilines is 1. The highest BCUT2D eigenvalue weighted by molar-refractivity contribution is 6.23. The van der Waals surface area contributed by atoms with E-state index in [1.807, 2.05) is 13.8 Å². The Balaban J connectivity index is 2.32. The highest BCUT2D eigenvalue weighted by atomic mass is 19.1. The molecule has 0 bridgehead atoms. The van der Waals surface area contributed by atoms with Gasteiger partial charge in [0, 0.05) is 0 Å². The van der Waals surface area contributed by atoms with E-state index in [9.17, 15) is 14.0 Å². The number of nitrogens with zero attached hydrogens (tertiary/aromatic N) is 1. The van der Waals surface area contributed by atoms with Crippen molar-refractivity contribution in [2.45, 2.75) is 13.8 Å². The number of imide groups is 1. The van der Waals surface area contributed by atoms with Crippen LogP contribution in [0.25, 0.3) is 0 Å². The molecule has 0 aliphatic carbocycles. The molecule has 1 fully saturated rings. The molecule has 2 rings (SSSR count). The normalized spacial score (nSPS) is 17.8. The average molecular weight is 249 g/mol. The lowest BCUT2D eigenvalue weighted by molar-refractivity contribution is -0.114. The Morgan fingerprint density at radius 1 is 1.22 bits per heavy atom. The Morgan fingerprint density at radius 2 is 1.83 bits per heavy atom. The van der Waals surface area contributed by atoms with Crippen molar-refractivity contribution in [2.24, 2.45) is 5.92 Å². The summed E-state index contributed by atoms with van der Waals surface area (Å²) in [5, 5.41) is 0. The predicted octanol–water partition coefficient (Wildman–Crippen LogP) is 2.85. The van der Waals surface area contributed by atoms with E-state index in [0.717, 1.165) is 4.90 Å². The van der Waals surface area contributed by atoms with E-state index < -0.39 is 17.8 Å². The van der Waals surface area contributed by atoms with Gasteiger partial charge in [-0.25, -0.2) is 14.1 Å². The van der Waals surface area contributed by atoms with Gasteiger partial charge in [0.05, 0.1) is 5.69 Å². The summed E-state index contributed by atoms with van der Waals surface area (Å²) < 4.78 is 17.7. The number of ether oxygens (including phenoxy) is 1. The lowest BCUT2D eigenvalue weighted by atomic mass is 10.2. The second kappa shape index (κ2) is 4.60. The number of carbonyl (C=O) groups is 2. The van der Waals surface area contributed by atoms with Crippen molar-refractivity contribution >= 4 is 17.7 Å². The number of halogens is 1. The van der Waals surface area contributed by atoms with Crippen molar-refractivity contribution in [1.29, 1.82) is 0 Å². The lowest BCUT2D eigenvalue weighted by Gasteiger charge is -2.09. The molecule has 18 heavy (non-hydrogen) atoms. The Kier molecular flexibility index (Phi) is 3.14. The van der Waals surface area contributed by atoms with Crippen LogP contribution in [0.3, 0.4) is 0 Å². The minimum atomic E-state index is -0.765. The first-order valence-corrected chi connectivity index (χ1v) is 5.52. The molecular formula is C13H12FNO3. The highest BCUT2D eigenvalue weighted by Crippen LogP contribution is 2.25. The molecule has 5 heteroatoms. The van der Waals surface area contributed by atoms with Crippen molar-refractivity contribution in [1.82, 2.24) is 0 Å². The Hall–Kier alpha value is -2.17. The van der Waals surface area contributed by atoms with Crippen LogP contribution in [0.1, 0.15) is 13.8 Å². The van der Waals surface area contributed by atoms with Crippen LogP contribution in [0.15, 0.2) is 36.1 Å². The van der Waals surface area contributed by atoms with E-state index in [1.165, 1.54) is 24.3 Å². The monoisotopic (exact) mass is 249 g/mol. The van der Waals surface area contributed by atoms with Crippen LogP contribution in [-0.4, -0.2) is 12.0 Å². The van der Waals surface area contributed by atoms with Crippen molar-refractivity contribution < 1.29 is 18.7 Å². The molecule has 0 N–H and O–H groups in total. The second-order valence-corrected chi connectivity index (χ2v) is 4.26. The summed E-state index contributed by atoms with van der Waals surface area (Å²) in [4.78, 5) is 24.4. The summed E-state index contributed by atoms with van der Waals surface area (Å²) >= 11 is 0. The zero-order valence-corrected chi connectivity index (χ0v) is 10.0. The van der Waals surface area contributed by atoms with Gasteiger partial charge in [0.15, 0.2) is 5.76 Å². The first kappa shape index (κ1) is 12.3. The molecule has 1 aromatic rings. The van der Waals surface area contributed by atoms with Gasteiger partial charge in [-0.1, -0.05) is 13.8 Å². The third-order valence-corrected chi connectivity index (χ3v) is 2.36. The number of amides is 2. The molecule has 0 aromatic heterocycles. The molecule has 1 aliphatic heterocycles. The minimum absolute atomic E-state index is 0.0133. The van der Waals surface area contributed by atoms with Crippen molar-refractivity contribution in [3.05, 3.63) is 41.9 Å². The van der Waals surface area contributed by atoms with Gasteiger partial charge >= 0.3 is 12.0 Å². The molecule has 94 valence electrons. The second-order valence-electron chi connectivity index (χ2n) is 4.26. The van der Waals surface area contributed by atoms with Crippen molar-refractivity contribution in [3.63, 3.8) is 0 Å². The van der Waals surface area contributed by atoms with Crippen LogP contribution in [0.2, 0.25) is 0 Å². The summed E-state index contributed by atoms with van der Waals surface area (Å²) in [7, 11) is 0. The van der Waals surface area contributed by atoms with Gasteiger partial charge in [0.2, 0.25) is 0 Å². The predicted molar refractivity (Wildman–Crippen MR) is 63.3 cm³/mol.